The molecule has 172 valence electrons. The predicted octanol–water partition coefficient (Wildman–Crippen LogP) is 5.25. The first-order chi connectivity index (χ1) is 14.5. The fraction of sp³-hybridized carbons (Fsp3) is 0.731. The zero-order valence-corrected chi connectivity index (χ0v) is 20.1. The van der Waals surface area contributed by atoms with E-state index in [0.29, 0.717) is 17.8 Å². The summed E-state index contributed by atoms with van der Waals surface area (Å²) in [7, 11) is 3.30. The highest BCUT2D eigenvalue weighted by Crippen LogP contribution is 2.60. The number of Topliss-reactive ketones (excluding diaryl/α,β-unsaturated/α-hetero) is 1. The zero-order valence-electron chi connectivity index (χ0n) is 20.1. The Morgan fingerprint density at radius 3 is 2.42 bits per heavy atom. The molecule has 0 saturated heterocycles. The maximum atomic E-state index is 13.4. The fourth-order valence-corrected chi connectivity index (χ4v) is 6.21. The summed E-state index contributed by atoms with van der Waals surface area (Å²) in [6.45, 7) is 9.79. The normalized spacial score (nSPS) is 32.9. The lowest BCUT2D eigenvalue weighted by Crippen LogP contribution is -2.43. The van der Waals surface area contributed by atoms with Crippen LogP contribution in [0.2, 0.25) is 0 Å². The van der Waals surface area contributed by atoms with E-state index in [9.17, 15) is 4.79 Å². The highest BCUT2D eigenvalue weighted by molar-refractivity contribution is 5.91. The summed E-state index contributed by atoms with van der Waals surface area (Å²) in [5, 5.41) is 0. The maximum absolute atomic E-state index is 13.4. The number of ketones is 1. The molecule has 3 aliphatic carbocycles. The molecule has 0 heterocycles. The summed E-state index contributed by atoms with van der Waals surface area (Å²) >= 11 is 0. The van der Waals surface area contributed by atoms with Gasteiger partial charge in [-0.05, 0) is 87.0 Å². The van der Waals surface area contributed by atoms with E-state index in [0.717, 1.165) is 37.9 Å². The average molecular weight is 431 g/mol. The SMILES string of the molecule is COC(C)(C)Oc1ccc2c(c1)CC[C@@H]1[C@@H]2CC[C@]2(C)C(=O)[C@H](OC(C)(C)OC)C[C@@H]12. The summed E-state index contributed by atoms with van der Waals surface area (Å²) in [5.74, 6) is 1.15. The highest BCUT2D eigenvalue weighted by Gasteiger charge is 2.59. The second-order valence-electron chi connectivity index (χ2n) is 10.7. The Kier molecular flexibility index (Phi) is 5.77. The number of aryl methyl sites for hydroxylation is 1. The molecule has 0 aliphatic heterocycles. The fourth-order valence-electron chi connectivity index (χ4n) is 6.21. The zero-order chi connectivity index (χ0) is 22.6. The lowest BCUT2D eigenvalue weighted by Gasteiger charge is -2.48. The third kappa shape index (κ3) is 4.05. The number of carbonyl (C=O) groups excluding carboxylic acids is 1. The maximum Gasteiger partial charge on any atom is 0.204 e. The van der Waals surface area contributed by atoms with Gasteiger partial charge in [-0.15, -0.1) is 0 Å². The number of rotatable bonds is 6. The molecule has 1 aromatic rings. The quantitative estimate of drug-likeness (QED) is 0.577. The van der Waals surface area contributed by atoms with Gasteiger partial charge in [0, 0.05) is 33.5 Å². The summed E-state index contributed by atoms with van der Waals surface area (Å²) in [4.78, 5) is 13.4. The summed E-state index contributed by atoms with van der Waals surface area (Å²) < 4.78 is 23.0. The smallest absolute Gasteiger partial charge is 0.204 e. The van der Waals surface area contributed by atoms with Crippen molar-refractivity contribution in [3.8, 4) is 5.75 Å². The minimum absolute atomic E-state index is 0.275. The molecule has 5 atom stereocenters. The van der Waals surface area contributed by atoms with Gasteiger partial charge in [-0.3, -0.25) is 4.79 Å². The first-order valence-electron chi connectivity index (χ1n) is 11.6. The van der Waals surface area contributed by atoms with Crippen molar-refractivity contribution in [2.24, 2.45) is 17.3 Å². The summed E-state index contributed by atoms with van der Waals surface area (Å²) in [6.07, 6.45) is 4.57. The molecule has 0 unspecified atom stereocenters. The topological polar surface area (TPSA) is 54.0 Å². The van der Waals surface area contributed by atoms with E-state index >= 15 is 0 Å². The van der Waals surface area contributed by atoms with E-state index in [2.05, 4.69) is 25.1 Å². The standard InChI is InChI=1S/C26H38O5/c1-24(2,28-6)30-17-9-11-18-16(14-17)8-10-20-19(18)12-13-26(5)21(20)15-22(23(26)27)31-25(3,4)29-7/h9,11,14,19-22H,8,10,12-13,15H2,1-7H3/t19-,20-,21+,22-,26+/m1/s1. The number of hydrogen-bond acceptors (Lipinski definition) is 5. The Bertz CT molecular complexity index is 844. The molecule has 2 saturated carbocycles. The van der Waals surface area contributed by atoms with Crippen LogP contribution >= 0.6 is 0 Å². The highest BCUT2D eigenvalue weighted by atomic mass is 16.7. The molecule has 0 N–H and O–H groups in total. The molecule has 5 heteroatoms. The minimum Gasteiger partial charge on any atom is -0.463 e. The Morgan fingerprint density at radius 1 is 1.03 bits per heavy atom. The van der Waals surface area contributed by atoms with Gasteiger partial charge in [0.25, 0.3) is 0 Å². The lowest BCUT2D eigenvalue weighted by molar-refractivity contribution is -0.220. The second-order valence-corrected chi connectivity index (χ2v) is 10.7. The molecular weight excluding hydrogens is 392 g/mol. The number of fused-ring (bicyclic) bond motifs is 5. The van der Waals surface area contributed by atoms with Crippen LogP contribution in [0.4, 0.5) is 0 Å². The minimum atomic E-state index is -0.741. The van der Waals surface area contributed by atoms with Crippen LogP contribution in [0.3, 0.4) is 0 Å². The van der Waals surface area contributed by atoms with E-state index in [4.69, 9.17) is 18.9 Å². The van der Waals surface area contributed by atoms with Crippen LogP contribution < -0.4 is 4.74 Å². The number of hydrogen-bond donors (Lipinski definition) is 0. The molecule has 0 radical (unpaired) electrons. The van der Waals surface area contributed by atoms with Gasteiger partial charge < -0.3 is 18.9 Å². The predicted molar refractivity (Wildman–Crippen MR) is 119 cm³/mol. The lowest BCUT2D eigenvalue weighted by atomic mass is 9.55. The van der Waals surface area contributed by atoms with Crippen molar-refractivity contribution in [3.05, 3.63) is 29.3 Å². The van der Waals surface area contributed by atoms with Gasteiger partial charge in [0.15, 0.2) is 11.6 Å². The molecule has 3 aliphatic rings. The van der Waals surface area contributed by atoms with E-state index in [-0.39, 0.29) is 17.3 Å². The van der Waals surface area contributed by atoms with Gasteiger partial charge in [0.2, 0.25) is 5.79 Å². The molecule has 2 fully saturated rings. The average Bonchev–Trinajstić information content (AvgIpc) is 2.97. The van der Waals surface area contributed by atoms with Crippen molar-refractivity contribution in [2.75, 3.05) is 14.2 Å². The molecule has 4 rings (SSSR count). The first-order valence-corrected chi connectivity index (χ1v) is 11.6. The molecule has 5 nitrogen and oxygen atoms in total. The summed E-state index contributed by atoms with van der Waals surface area (Å²) in [5.41, 5.74) is 2.54. The molecule has 0 bridgehead atoms. The van der Waals surface area contributed by atoms with Gasteiger partial charge in [-0.25, -0.2) is 0 Å². The van der Waals surface area contributed by atoms with Crippen LogP contribution in [0, 0.1) is 17.3 Å². The van der Waals surface area contributed by atoms with Crippen LogP contribution in [-0.4, -0.2) is 37.7 Å². The van der Waals surface area contributed by atoms with E-state index < -0.39 is 11.6 Å². The molecule has 0 amide bonds. The molecule has 1 aromatic carbocycles. The van der Waals surface area contributed by atoms with Crippen LogP contribution in [0.25, 0.3) is 0 Å². The van der Waals surface area contributed by atoms with E-state index in [1.54, 1.807) is 14.2 Å². The van der Waals surface area contributed by atoms with Crippen molar-refractivity contribution < 1.29 is 23.7 Å². The number of methoxy groups -OCH3 is 2. The third-order valence-electron chi connectivity index (χ3n) is 8.18. The number of ether oxygens (including phenoxy) is 4. The summed E-state index contributed by atoms with van der Waals surface area (Å²) in [6, 6.07) is 6.50. The monoisotopic (exact) mass is 430 g/mol. The van der Waals surface area contributed by atoms with Crippen molar-refractivity contribution in [3.63, 3.8) is 0 Å². The van der Waals surface area contributed by atoms with Gasteiger partial charge in [-0.2, -0.15) is 0 Å². The van der Waals surface area contributed by atoms with Gasteiger partial charge in [-0.1, -0.05) is 13.0 Å². The largest absolute Gasteiger partial charge is 0.463 e. The van der Waals surface area contributed by atoms with Crippen LogP contribution in [0.15, 0.2) is 18.2 Å². The van der Waals surface area contributed by atoms with E-state index in [1.165, 1.54) is 11.1 Å². The molecule has 31 heavy (non-hydrogen) atoms. The Labute approximate surface area is 186 Å². The Morgan fingerprint density at radius 2 is 1.74 bits per heavy atom. The van der Waals surface area contributed by atoms with Gasteiger partial charge >= 0.3 is 0 Å². The Balaban J connectivity index is 1.56. The molecule has 0 spiro atoms. The van der Waals surface area contributed by atoms with Crippen LogP contribution in [-0.2, 0) is 25.4 Å². The van der Waals surface area contributed by atoms with Crippen molar-refractivity contribution in [1.82, 2.24) is 0 Å². The number of carbonyl (C=O) groups is 1. The van der Waals surface area contributed by atoms with Gasteiger partial charge in [0.1, 0.15) is 11.9 Å². The van der Waals surface area contributed by atoms with Gasteiger partial charge in [0.05, 0.1) is 0 Å². The van der Waals surface area contributed by atoms with Crippen LogP contribution in [0.1, 0.15) is 77.3 Å². The van der Waals surface area contributed by atoms with Crippen molar-refractivity contribution in [2.45, 2.75) is 90.3 Å². The second kappa shape index (κ2) is 7.86. The molecule has 0 aromatic heterocycles. The molecular formula is C26H38O5. The first kappa shape index (κ1) is 22.8. The van der Waals surface area contributed by atoms with Crippen LogP contribution in [0.5, 0.6) is 5.75 Å². The van der Waals surface area contributed by atoms with E-state index in [1.807, 2.05) is 27.7 Å². The third-order valence-corrected chi connectivity index (χ3v) is 8.18. The number of benzene rings is 1. The van der Waals surface area contributed by atoms with Crippen molar-refractivity contribution >= 4 is 5.78 Å². The van der Waals surface area contributed by atoms with Crippen molar-refractivity contribution in [1.29, 1.82) is 0 Å². The Hall–Kier alpha value is -1.43.